The van der Waals surface area contributed by atoms with E-state index in [0.29, 0.717) is 13.1 Å². The summed E-state index contributed by atoms with van der Waals surface area (Å²) in [4.78, 5) is 13.1. The number of hydrogen-bond donors (Lipinski definition) is 1. The van der Waals surface area contributed by atoms with Gasteiger partial charge in [0.2, 0.25) is 0 Å². The molecule has 5 heteroatoms. The lowest BCUT2D eigenvalue weighted by Crippen LogP contribution is -2.37. The van der Waals surface area contributed by atoms with Gasteiger partial charge in [-0.1, -0.05) is 11.2 Å². The van der Waals surface area contributed by atoms with E-state index in [-0.39, 0.29) is 12.2 Å². The Morgan fingerprint density at radius 3 is 3.07 bits per heavy atom. The van der Waals surface area contributed by atoms with Crippen molar-refractivity contribution in [3.63, 3.8) is 0 Å². The van der Waals surface area contributed by atoms with Crippen molar-refractivity contribution in [2.24, 2.45) is 5.16 Å². The van der Waals surface area contributed by atoms with Crippen LogP contribution in [0, 0.1) is 0 Å². The van der Waals surface area contributed by atoms with E-state index in [9.17, 15) is 4.79 Å². The predicted octanol–water partition coefficient (Wildman–Crippen LogP) is 1.62. The number of amides is 1. The van der Waals surface area contributed by atoms with Crippen molar-refractivity contribution in [2.45, 2.75) is 26.4 Å². The van der Waals surface area contributed by atoms with Crippen molar-refractivity contribution >= 4 is 12.3 Å². The minimum absolute atomic E-state index is 0.113. The van der Waals surface area contributed by atoms with Crippen LogP contribution in [0.5, 0.6) is 0 Å². The van der Waals surface area contributed by atoms with Crippen molar-refractivity contribution in [3.8, 4) is 0 Å². The Kier molecular flexibility index (Phi) is 4.15. The van der Waals surface area contributed by atoms with Gasteiger partial charge in [0.1, 0.15) is 0 Å². The molecule has 0 aliphatic carbocycles. The van der Waals surface area contributed by atoms with Crippen LogP contribution in [0.1, 0.15) is 20.3 Å². The maximum Gasteiger partial charge on any atom is 0.410 e. The molecule has 0 aromatic rings. The van der Waals surface area contributed by atoms with Gasteiger partial charge in [0.15, 0.2) is 0 Å². The zero-order valence-corrected chi connectivity index (χ0v) is 9.01. The van der Waals surface area contributed by atoms with Crippen LogP contribution >= 0.6 is 0 Å². The zero-order valence-electron chi connectivity index (χ0n) is 9.01. The molecule has 0 spiro atoms. The molecule has 84 valence electrons. The Morgan fingerprint density at radius 2 is 2.47 bits per heavy atom. The highest BCUT2D eigenvalue weighted by Crippen LogP contribution is 2.10. The number of oxime groups is 1. The lowest BCUT2D eigenvalue weighted by molar-refractivity contribution is 0.0791. The first-order valence-corrected chi connectivity index (χ1v) is 4.95. The van der Waals surface area contributed by atoms with Crippen LogP contribution < -0.4 is 0 Å². The number of carbonyl (C=O) groups excluding carboxylic acids is 1. The van der Waals surface area contributed by atoms with Gasteiger partial charge in [-0.15, -0.1) is 0 Å². The normalized spacial score (nSPS) is 17.0. The van der Waals surface area contributed by atoms with E-state index in [0.717, 1.165) is 12.0 Å². The summed E-state index contributed by atoms with van der Waals surface area (Å²) in [5.41, 5.74) is 0.824. The predicted molar refractivity (Wildman–Crippen MR) is 56.2 cm³/mol. The largest absolute Gasteiger partial charge is 0.447 e. The van der Waals surface area contributed by atoms with E-state index < -0.39 is 0 Å². The molecule has 0 atom stereocenters. The monoisotopic (exact) mass is 212 g/mol. The van der Waals surface area contributed by atoms with Gasteiger partial charge >= 0.3 is 6.09 Å². The van der Waals surface area contributed by atoms with Gasteiger partial charge in [-0.2, -0.15) is 0 Å². The lowest BCUT2D eigenvalue weighted by atomic mass is 10.1. The zero-order chi connectivity index (χ0) is 11.3. The number of ether oxygens (including phenoxy) is 1. The van der Waals surface area contributed by atoms with E-state index in [1.165, 1.54) is 6.21 Å². The summed E-state index contributed by atoms with van der Waals surface area (Å²) in [5, 5.41) is 11.3. The average Bonchev–Trinajstić information content (AvgIpc) is 2.17. The fourth-order valence-corrected chi connectivity index (χ4v) is 1.37. The van der Waals surface area contributed by atoms with E-state index in [2.05, 4.69) is 5.16 Å². The highest BCUT2D eigenvalue weighted by atomic mass is 16.6. The third kappa shape index (κ3) is 3.61. The van der Waals surface area contributed by atoms with Crippen molar-refractivity contribution in [2.75, 3.05) is 13.1 Å². The minimum atomic E-state index is -0.318. The van der Waals surface area contributed by atoms with Crippen LogP contribution in [-0.4, -0.2) is 41.6 Å². The van der Waals surface area contributed by atoms with E-state index >= 15 is 0 Å². The Balaban J connectivity index is 2.52. The number of rotatable bonds is 2. The van der Waals surface area contributed by atoms with Crippen molar-refractivity contribution in [3.05, 3.63) is 11.6 Å². The maximum atomic E-state index is 11.5. The minimum Gasteiger partial charge on any atom is -0.447 e. The molecule has 1 heterocycles. The van der Waals surface area contributed by atoms with Gasteiger partial charge < -0.3 is 14.8 Å². The molecule has 1 aliphatic heterocycles. The molecule has 0 radical (unpaired) electrons. The molecule has 0 bridgehead atoms. The first-order valence-electron chi connectivity index (χ1n) is 4.95. The van der Waals surface area contributed by atoms with Crippen LogP contribution in [0.4, 0.5) is 4.79 Å². The Hall–Kier alpha value is -1.52. The highest BCUT2D eigenvalue weighted by Gasteiger charge is 2.19. The van der Waals surface area contributed by atoms with Crippen LogP contribution in [0.2, 0.25) is 0 Å². The van der Waals surface area contributed by atoms with E-state index in [1.807, 2.05) is 19.9 Å². The summed E-state index contributed by atoms with van der Waals surface area (Å²) in [6, 6.07) is 0. The molecule has 0 unspecified atom stereocenters. The lowest BCUT2D eigenvalue weighted by Gasteiger charge is -2.26. The van der Waals surface area contributed by atoms with Gasteiger partial charge in [-0.3, -0.25) is 0 Å². The SMILES string of the molecule is CC(C)OC(=O)N1CCC=C(/C=N/O)C1. The highest BCUT2D eigenvalue weighted by molar-refractivity contribution is 5.80. The molecule has 1 aliphatic rings. The fraction of sp³-hybridized carbons (Fsp3) is 0.600. The second kappa shape index (κ2) is 5.38. The van der Waals surface area contributed by atoms with Crippen LogP contribution in [-0.2, 0) is 4.74 Å². The number of nitrogens with zero attached hydrogens (tertiary/aromatic N) is 2. The van der Waals surface area contributed by atoms with Crippen molar-refractivity contribution in [1.82, 2.24) is 4.90 Å². The third-order valence-electron chi connectivity index (χ3n) is 2.00. The molecule has 1 N–H and O–H groups in total. The molecule has 0 saturated carbocycles. The number of carbonyl (C=O) groups is 1. The summed E-state index contributed by atoms with van der Waals surface area (Å²) in [6.45, 7) is 4.71. The fourth-order valence-electron chi connectivity index (χ4n) is 1.37. The van der Waals surface area contributed by atoms with Gasteiger partial charge in [-0.25, -0.2) is 4.79 Å². The Morgan fingerprint density at radius 1 is 1.73 bits per heavy atom. The van der Waals surface area contributed by atoms with Gasteiger partial charge in [0.05, 0.1) is 18.9 Å². The standard InChI is InChI=1S/C10H16N2O3/c1-8(2)15-10(13)12-5-3-4-9(7-12)6-11-14/h4,6,8,14H,3,5,7H2,1-2H3/b11-6+. The molecule has 0 aromatic carbocycles. The summed E-state index contributed by atoms with van der Waals surface area (Å²) in [6.07, 6.45) is 3.61. The van der Waals surface area contributed by atoms with Gasteiger partial charge in [-0.05, 0) is 25.8 Å². The molecule has 5 nitrogen and oxygen atoms in total. The van der Waals surface area contributed by atoms with Gasteiger partial charge in [0, 0.05) is 6.54 Å². The van der Waals surface area contributed by atoms with Crippen LogP contribution in [0.15, 0.2) is 16.8 Å². The molecular weight excluding hydrogens is 196 g/mol. The summed E-state index contributed by atoms with van der Waals surface area (Å²) >= 11 is 0. The number of hydrogen-bond acceptors (Lipinski definition) is 4. The molecule has 0 saturated heterocycles. The molecule has 15 heavy (non-hydrogen) atoms. The molecule has 1 amide bonds. The molecule has 0 aromatic heterocycles. The van der Waals surface area contributed by atoms with Gasteiger partial charge in [0.25, 0.3) is 0 Å². The van der Waals surface area contributed by atoms with Crippen molar-refractivity contribution < 1.29 is 14.7 Å². The molecule has 0 fully saturated rings. The second-order valence-electron chi connectivity index (χ2n) is 3.67. The Labute approximate surface area is 89.0 Å². The molecular formula is C10H16N2O3. The summed E-state index contributed by atoms with van der Waals surface area (Å²) < 4.78 is 5.07. The quantitative estimate of drug-likeness (QED) is 0.430. The second-order valence-corrected chi connectivity index (χ2v) is 3.67. The molecule has 1 rings (SSSR count). The summed E-state index contributed by atoms with van der Waals surface area (Å²) in [5.74, 6) is 0. The Bertz CT molecular complexity index is 284. The third-order valence-corrected chi connectivity index (χ3v) is 2.00. The smallest absolute Gasteiger partial charge is 0.410 e. The van der Waals surface area contributed by atoms with Crippen LogP contribution in [0.3, 0.4) is 0 Å². The van der Waals surface area contributed by atoms with Crippen molar-refractivity contribution in [1.29, 1.82) is 0 Å². The topological polar surface area (TPSA) is 62.1 Å². The summed E-state index contributed by atoms with van der Waals surface area (Å²) in [7, 11) is 0. The van der Waals surface area contributed by atoms with E-state index in [1.54, 1.807) is 4.90 Å². The average molecular weight is 212 g/mol. The van der Waals surface area contributed by atoms with E-state index in [4.69, 9.17) is 9.94 Å². The van der Waals surface area contributed by atoms with Crippen LogP contribution in [0.25, 0.3) is 0 Å². The first kappa shape index (κ1) is 11.6. The first-order chi connectivity index (χ1) is 7.13. The maximum absolute atomic E-state index is 11.5.